The van der Waals surface area contributed by atoms with Crippen molar-refractivity contribution in [3.8, 4) is 0 Å². The lowest BCUT2D eigenvalue weighted by molar-refractivity contribution is 0.0988. The molecular formula is C15H21NO. The molecule has 0 aromatic heterocycles. The van der Waals surface area contributed by atoms with Crippen LogP contribution in [-0.4, -0.2) is 17.9 Å². The van der Waals surface area contributed by atoms with Crippen molar-refractivity contribution in [2.75, 3.05) is 11.4 Å². The Balaban J connectivity index is 2.42. The van der Waals surface area contributed by atoms with Gasteiger partial charge in [0.05, 0.1) is 0 Å². The zero-order chi connectivity index (χ0) is 12.5. The Morgan fingerprint density at radius 1 is 1.35 bits per heavy atom. The highest BCUT2D eigenvalue weighted by Gasteiger charge is 2.33. The van der Waals surface area contributed by atoms with Crippen molar-refractivity contribution in [1.29, 1.82) is 0 Å². The fraction of sp³-hybridized carbons (Fsp3) is 0.533. The second-order valence-electron chi connectivity index (χ2n) is 5.36. The first-order valence-electron chi connectivity index (χ1n) is 6.46. The predicted molar refractivity (Wildman–Crippen MR) is 71.7 cm³/mol. The van der Waals surface area contributed by atoms with Crippen LogP contribution in [0.4, 0.5) is 5.69 Å². The van der Waals surface area contributed by atoms with E-state index in [9.17, 15) is 4.79 Å². The minimum absolute atomic E-state index is 0.171. The fourth-order valence-corrected chi connectivity index (χ4v) is 2.69. The first-order valence-corrected chi connectivity index (χ1v) is 6.46. The molecular weight excluding hydrogens is 210 g/mol. The van der Waals surface area contributed by atoms with Gasteiger partial charge in [0.2, 0.25) is 0 Å². The SMILES string of the molecule is CCC(=O)c1ccccc1N1CCCC1(C)C. The molecule has 1 aliphatic heterocycles. The van der Waals surface area contributed by atoms with E-state index in [4.69, 9.17) is 0 Å². The number of ketones is 1. The molecule has 0 spiro atoms. The van der Waals surface area contributed by atoms with E-state index in [0.717, 1.165) is 17.8 Å². The van der Waals surface area contributed by atoms with Crippen LogP contribution >= 0.6 is 0 Å². The van der Waals surface area contributed by atoms with Gasteiger partial charge in [-0.15, -0.1) is 0 Å². The Kier molecular flexibility index (Phi) is 3.23. The van der Waals surface area contributed by atoms with Crippen LogP contribution in [-0.2, 0) is 0 Å². The monoisotopic (exact) mass is 231 g/mol. The predicted octanol–water partition coefficient (Wildman–Crippen LogP) is 3.66. The van der Waals surface area contributed by atoms with E-state index in [0.29, 0.717) is 6.42 Å². The highest BCUT2D eigenvalue weighted by atomic mass is 16.1. The molecule has 1 saturated heterocycles. The summed E-state index contributed by atoms with van der Waals surface area (Å²) in [5.74, 6) is 0.239. The van der Waals surface area contributed by atoms with E-state index in [2.05, 4.69) is 24.8 Å². The van der Waals surface area contributed by atoms with Gasteiger partial charge in [-0.25, -0.2) is 0 Å². The van der Waals surface area contributed by atoms with Gasteiger partial charge in [-0.3, -0.25) is 4.79 Å². The first-order chi connectivity index (χ1) is 8.06. The van der Waals surface area contributed by atoms with Gasteiger partial charge in [0.1, 0.15) is 0 Å². The summed E-state index contributed by atoms with van der Waals surface area (Å²) >= 11 is 0. The van der Waals surface area contributed by atoms with Crippen LogP contribution < -0.4 is 4.90 Å². The van der Waals surface area contributed by atoms with Crippen LogP contribution in [0.1, 0.15) is 50.4 Å². The Labute approximate surface area is 104 Å². The van der Waals surface area contributed by atoms with Crippen LogP contribution in [0.3, 0.4) is 0 Å². The molecule has 2 heteroatoms. The van der Waals surface area contributed by atoms with Crippen molar-refractivity contribution in [1.82, 2.24) is 0 Å². The van der Waals surface area contributed by atoms with Crippen molar-refractivity contribution in [3.63, 3.8) is 0 Å². The van der Waals surface area contributed by atoms with Crippen molar-refractivity contribution in [3.05, 3.63) is 29.8 Å². The summed E-state index contributed by atoms with van der Waals surface area (Å²) in [6, 6.07) is 8.01. The van der Waals surface area contributed by atoms with Crippen molar-refractivity contribution < 1.29 is 4.79 Å². The molecule has 92 valence electrons. The number of carbonyl (C=O) groups is 1. The zero-order valence-corrected chi connectivity index (χ0v) is 11.0. The largest absolute Gasteiger partial charge is 0.366 e. The van der Waals surface area contributed by atoms with E-state index in [-0.39, 0.29) is 11.3 Å². The van der Waals surface area contributed by atoms with Gasteiger partial charge in [0, 0.05) is 29.8 Å². The third-order valence-corrected chi connectivity index (χ3v) is 3.72. The van der Waals surface area contributed by atoms with Crippen LogP contribution in [0, 0.1) is 0 Å². The van der Waals surface area contributed by atoms with E-state index in [1.807, 2.05) is 25.1 Å². The zero-order valence-electron chi connectivity index (χ0n) is 11.0. The second-order valence-corrected chi connectivity index (χ2v) is 5.36. The first kappa shape index (κ1) is 12.2. The molecule has 1 aromatic rings. The fourth-order valence-electron chi connectivity index (χ4n) is 2.69. The van der Waals surface area contributed by atoms with Crippen LogP contribution in [0.25, 0.3) is 0 Å². The lowest BCUT2D eigenvalue weighted by atomic mass is 9.99. The van der Waals surface area contributed by atoms with E-state index >= 15 is 0 Å². The highest BCUT2D eigenvalue weighted by Crippen LogP contribution is 2.35. The van der Waals surface area contributed by atoms with Gasteiger partial charge in [-0.05, 0) is 38.8 Å². The van der Waals surface area contributed by atoms with Gasteiger partial charge in [-0.1, -0.05) is 19.1 Å². The van der Waals surface area contributed by atoms with Crippen molar-refractivity contribution >= 4 is 11.5 Å². The molecule has 1 aliphatic rings. The molecule has 0 aliphatic carbocycles. The molecule has 0 saturated carbocycles. The number of para-hydroxylation sites is 1. The molecule has 17 heavy (non-hydrogen) atoms. The molecule has 0 radical (unpaired) electrons. The normalized spacial score (nSPS) is 18.4. The van der Waals surface area contributed by atoms with Crippen LogP contribution in [0.2, 0.25) is 0 Å². The quantitative estimate of drug-likeness (QED) is 0.740. The molecule has 1 aromatic carbocycles. The molecule has 0 atom stereocenters. The van der Waals surface area contributed by atoms with E-state index in [1.165, 1.54) is 12.8 Å². The Bertz CT molecular complexity index is 423. The topological polar surface area (TPSA) is 20.3 Å². The number of anilines is 1. The molecule has 2 rings (SSSR count). The second kappa shape index (κ2) is 4.52. The third kappa shape index (κ3) is 2.21. The number of rotatable bonds is 3. The maximum absolute atomic E-state index is 12.0. The Morgan fingerprint density at radius 2 is 2.06 bits per heavy atom. The maximum atomic E-state index is 12.0. The summed E-state index contributed by atoms with van der Waals surface area (Å²) in [6.45, 7) is 7.50. The van der Waals surface area contributed by atoms with E-state index < -0.39 is 0 Å². The molecule has 0 amide bonds. The molecule has 1 heterocycles. The number of Topliss-reactive ketones (excluding diaryl/α,β-unsaturated/α-hetero) is 1. The lowest BCUT2D eigenvalue weighted by Crippen LogP contribution is -2.38. The highest BCUT2D eigenvalue weighted by molar-refractivity contribution is 6.01. The lowest BCUT2D eigenvalue weighted by Gasteiger charge is -2.35. The summed E-state index contributed by atoms with van der Waals surface area (Å²) in [5.41, 5.74) is 2.16. The smallest absolute Gasteiger partial charge is 0.164 e. The maximum Gasteiger partial charge on any atom is 0.164 e. The van der Waals surface area contributed by atoms with Gasteiger partial charge < -0.3 is 4.90 Å². The minimum atomic E-state index is 0.171. The van der Waals surface area contributed by atoms with Gasteiger partial charge in [0.15, 0.2) is 5.78 Å². The van der Waals surface area contributed by atoms with Crippen molar-refractivity contribution in [2.45, 2.75) is 45.6 Å². The summed E-state index contributed by atoms with van der Waals surface area (Å²) in [5, 5.41) is 0. The summed E-state index contributed by atoms with van der Waals surface area (Å²) in [6.07, 6.45) is 2.98. The molecule has 0 N–H and O–H groups in total. The van der Waals surface area contributed by atoms with Gasteiger partial charge in [-0.2, -0.15) is 0 Å². The standard InChI is InChI=1S/C15H21NO/c1-4-14(17)12-8-5-6-9-13(12)16-11-7-10-15(16,2)3/h5-6,8-9H,4,7,10-11H2,1-3H3. The van der Waals surface area contributed by atoms with Crippen LogP contribution in [0.15, 0.2) is 24.3 Å². The third-order valence-electron chi connectivity index (χ3n) is 3.72. The average molecular weight is 231 g/mol. The number of nitrogens with zero attached hydrogens (tertiary/aromatic N) is 1. The number of hydrogen-bond acceptors (Lipinski definition) is 2. The molecule has 0 bridgehead atoms. The van der Waals surface area contributed by atoms with Crippen molar-refractivity contribution in [2.24, 2.45) is 0 Å². The average Bonchev–Trinajstić information content (AvgIpc) is 2.68. The van der Waals surface area contributed by atoms with Gasteiger partial charge in [0.25, 0.3) is 0 Å². The molecule has 2 nitrogen and oxygen atoms in total. The summed E-state index contributed by atoms with van der Waals surface area (Å²) < 4.78 is 0. The molecule has 0 unspecified atom stereocenters. The molecule has 1 fully saturated rings. The number of hydrogen-bond donors (Lipinski definition) is 0. The Hall–Kier alpha value is -1.31. The summed E-state index contributed by atoms with van der Waals surface area (Å²) in [7, 11) is 0. The summed E-state index contributed by atoms with van der Waals surface area (Å²) in [4.78, 5) is 14.4. The van der Waals surface area contributed by atoms with E-state index in [1.54, 1.807) is 0 Å². The number of benzene rings is 1. The van der Waals surface area contributed by atoms with Gasteiger partial charge >= 0.3 is 0 Å². The van der Waals surface area contributed by atoms with Crippen LogP contribution in [0.5, 0.6) is 0 Å². The Morgan fingerprint density at radius 3 is 2.65 bits per heavy atom. The minimum Gasteiger partial charge on any atom is -0.366 e. The number of carbonyl (C=O) groups excluding carboxylic acids is 1.